The number of likely N-dealkylation sites (tertiary alicyclic amines) is 1. The second-order valence-electron chi connectivity index (χ2n) is 9.49. The first-order chi connectivity index (χ1) is 17.4. The minimum Gasteiger partial charge on any atom is -0.339 e. The van der Waals surface area contributed by atoms with Crippen molar-refractivity contribution < 1.29 is 13.2 Å². The van der Waals surface area contributed by atoms with Crippen LogP contribution in [0.5, 0.6) is 0 Å². The first-order valence-corrected chi connectivity index (χ1v) is 13.9. The van der Waals surface area contributed by atoms with Gasteiger partial charge in [-0.2, -0.15) is 9.40 Å². The van der Waals surface area contributed by atoms with Gasteiger partial charge in [0, 0.05) is 44.7 Å². The van der Waals surface area contributed by atoms with E-state index in [1.54, 1.807) is 28.6 Å². The van der Waals surface area contributed by atoms with Crippen molar-refractivity contribution in [1.29, 1.82) is 0 Å². The number of sulfonamides is 1. The predicted molar refractivity (Wildman–Crippen MR) is 136 cm³/mol. The number of aryl methyl sites for hydroxylation is 1. The van der Waals surface area contributed by atoms with E-state index in [2.05, 4.69) is 5.10 Å². The molecule has 5 rings (SSSR count). The molecule has 9 nitrogen and oxygen atoms in total. The van der Waals surface area contributed by atoms with Crippen LogP contribution in [0.1, 0.15) is 54.2 Å². The van der Waals surface area contributed by atoms with Crippen molar-refractivity contribution in [3.63, 3.8) is 0 Å². The average molecular weight is 510 g/mol. The molecular formula is C26H31N5O4S. The Morgan fingerprint density at radius 1 is 0.889 bits per heavy atom. The van der Waals surface area contributed by atoms with Gasteiger partial charge in [0.1, 0.15) is 5.82 Å². The van der Waals surface area contributed by atoms with Crippen LogP contribution < -0.4 is 5.69 Å². The fraction of sp³-hybridized carbons (Fsp3) is 0.423. The molecule has 0 N–H and O–H groups in total. The summed E-state index contributed by atoms with van der Waals surface area (Å²) < 4.78 is 30.3. The molecule has 0 bridgehead atoms. The summed E-state index contributed by atoms with van der Waals surface area (Å²) in [5.74, 6) is 0.658. The molecule has 10 heteroatoms. The number of amides is 1. The second kappa shape index (κ2) is 10.0. The van der Waals surface area contributed by atoms with E-state index < -0.39 is 10.0 Å². The molecular weight excluding hydrogens is 478 g/mol. The van der Waals surface area contributed by atoms with Crippen molar-refractivity contribution >= 4 is 15.9 Å². The van der Waals surface area contributed by atoms with Gasteiger partial charge in [0.05, 0.1) is 10.6 Å². The number of aromatic nitrogens is 3. The molecule has 2 aliphatic rings. The van der Waals surface area contributed by atoms with E-state index in [-0.39, 0.29) is 22.4 Å². The van der Waals surface area contributed by atoms with Crippen molar-refractivity contribution in [2.24, 2.45) is 7.05 Å². The number of carbonyl (C=O) groups is 1. The maximum absolute atomic E-state index is 13.1. The number of hydrogen-bond acceptors (Lipinski definition) is 5. The summed E-state index contributed by atoms with van der Waals surface area (Å²) in [6, 6.07) is 15.8. The maximum atomic E-state index is 13.1. The number of rotatable bonds is 5. The van der Waals surface area contributed by atoms with E-state index in [1.165, 1.54) is 21.1 Å². The van der Waals surface area contributed by atoms with E-state index in [0.717, 1.165) is 24.9 Å². The Hall–Kier alpha value is -3.24. The summed E-state index contributed by atoms with van der Waals surface area (Å²) in [5, 5.41) is 4.51. The van der Waals surface area contributed by atoms with E-state index >= 15 is 0 Å². The normalized spacial score (nSPS) is 17.9. The zero-order valence-corrected chi connectivity index (χ0v) is 21.2. The summed E-state index contributed by atoms with van der Waals surface area (Å²) in [6.45, 7) is 2.17. The molecule has 1 amide bonds. The molecule has 36 heavy (non-hydrogen) atoms. The van der Waals surface area contributed by atoms with E-state index in [0.29, 0.717) is 50.4 Å². The van der Waals surface area contributed by atoms with Crippen molar-refractivity contribution in [3.05, 3.63) is 76.5 Å². The lowest BCUT2D eigenvalue weighted by molar-refractivity contribution is 0.0710. The van der Waals surface area contributed by atoms with Gasteiger partial charge in [-0.05, 0) is 62.1 Å². The topological polar surface area (TPSA) is 97.5 Å². The molecule has 2 saturated heterocycles. The molecule has 2 aliphatic heterocycles. The van der Waals surface area contributed by atoms with Gasteiger partial charge < -0.3 is 4.90 Å². The highest BCUT2D eigenvalue weighted by molar-refractivity contribution is 7.89. The van der Waals surface area contributed by atoms with Gasteiger partial charge in [0.2, 0.25) is 10.0 Å². The summed E-state index contributed by atoms with van der Waals surface area (Å²) in [7, 11) is -1.87. The number of carbonyl (C=O) groups excluding carboxylic acids is 1. The summed E-state index contributed by atoms with van der Waals surface area (Å²) in [5.41, 5.74) is 1.07. The first kappa shape index (κ1) is 24.5. The van der Waals surface area contributed by atoms with E-state index in [1.807, 2.05) is 30.3 Å². The van der Waals surface area contributed by atoms with Crippen LogP contribution in [0, 0.1) is 0 Å². The minimum atomic E-state index is -3.52. The first-order valence-electron chi connectivity index (χ1n) is 12.5. The molecule has 0 spiro atoms. The maximum Gasteiger partial charge on any atom is 0.350 e. The highest BCUT2D eigenvalue weighted by Crippen LogP contribution is 2.29. The zero-order valence-electron chi connectivity index (χ0n) is 20.4. The van der Waals surface area contributed by atoms with Crippen molar-refractivity contribution in [3.8, 4) is 5.69 Å². The quantitative estimate of drug-likeness (QED) is 0.527. The standard InChI is InChI=1S/C26H31N5O4S/c1-28-26(33)31(22-8-4-2-5-9-22)24(27-28)20-14-18-29(19-15-20)25(32)21-10-12-23(13-11-21)36(34,35)30-16-6-3-7-17-30/h2,4-5,8-13,20H,3,6-7,14-19H2,1H3. The summed E-state index contributed by atoms with van der Waals surface area (Å²) in [4.78, 5) is 27.9. The SMILES string of the molecule is Cn1nc(C2CCN(C(=O)c3ccc(S(=O)(=O)N4CCCCC4)cc3)CC2)n(-c2ccccc2)c1=O. The third-order valence-corrected chi connectivity index (χ3v) is 9.08. The lowest BCUT2D eigenvalue weighted by atomic mass is 9.95. The second-order valence-corrected chi connectivity index (χ2v) is 11.4. The third-order valence-electron chi connectivity index (χ3n) is 7.17. The molecule has 0 radical (unpaired) electrons. The van der Waals surface area contributed by atoms with Crippen molar-refractivity contribution in [2.75, 3.05) is 26.2 Å². The summed E-state index contributed by atoms with van der Waals surface area (Å²) in [6.07, 6.45) is 4.20. The van der Waals surface area contributed by atoms with Gasteiger partial charge in [0.15, 0.2) is 0 Å². The van der Waals surface area contributed by atoms with Gasteiger partial charge in [-0.15, -0.1) is 0 Å². The van der Waals surface area contributed by atoms with Gasteiger partial charge in [-0.25, -0.2) is 22.5 Å². The Morgan fingerprint density at radius 3 is 2.17 bits per heavy atom. The number of benzene rings is 2. The number of hydrogen-bond donors (Lipinski definition) is 0. The highest BCUT2D eigenvalue weighted by Gasteiger charge is 2.30. The Bertz CT molecular complexity index is 1380. The molecule has 3 heterocycles. The van der Waals surface area contributed by atoms with E-state index in [4.69, 9.17) is 0 Å². The van der Waals surface area contributed by atoms with Crippen LogP contribution in [0.2, 0.25) is 0 Å². The Kier molecular flexibility index (Phi) is 6.81. The van der Waals surface area contributed by atoms with Crippen molar-refractivity contribution in [2.45, 2.75) is 42.9 Å². The van der Waals surface area contributed by atoms with Crippen LogP contribution in [-0.4, -0.2) is 64.1 Å². The van der Waals surface area contributed by atoms with Crippen LogP contribution in [0.4, 0.5) is 0 Å². The Morgan fingerprint density at radius 2 is 1.53 bits per heavy atom. The van der Waals surface area contributed by atoms with Crippen LogP contribution in [-0.2, 0) is 17.1 Å². The molecule has 0 aliphatic carbocycles. The smallest absolute Gasteiger partial charge is 0.339 e. The van der Waals surface area contributed by atoms with Crippen LogP contribution >= 0.6 is 0 Å². The average Bonchev–Trinajstić information content (AvgIpc) is 3.23. The fourth-order valence-electron chi connectivity index (χ4n) is 5.12. The lowest BCUT2D eigenvalue weighted by Gasteiger charge is -2.31. The number of nitrogens with zero attached hydrogens (tertiary/aromatic N) is 5. The van der Waals surface area contributed by atoms with Gasteiger partial charge in [-0.3, -0.25) is 4.79 Å². The fourth-order valence-corrected chi connectivity index (χ4v) is 6.63. The molecule has 2 aromatic carbocycles. The Labute approximate surface area is 211 Å². The van der Waals surface area contributed by atoms with Gasteiger partial charge >= 0.3 is 5.69 Å². The van der Waals surface area contributed by atoms with Crippen LogP contribution in [0.15, 0.2) is 64.3 Å². The van der Waals surface area contributed by atoms with Crippen LogP contribution in [0.25, 0.3) is 5.69 Å². The molecule has 190 valence electrons. The van der Waals surface area contributed by atoms with E-state index in [9.17, 15) is 18.0 Å². The lowest BCUT2D eigenvalue weighted by Crippen LogP contribution is -2.38. The van der Waals surface area contributed by atoms with Gasteiger partial charge in [0.25, 0.3) is 5.91 Å². The third kappa shape index (κ3) is 4.62. The molecule has 0 unspecified atom stereocenters. The molecule has 1 aromatic heterocycles. The molecule has 0 atom stereocenters. The zero-order chi connectivity index (χ0) is 25.3. The summed E-state index contributed by atoms with van der Waals surface area (Å²) >= 11 is 0. The highest BCUT2D eigenvalue weighted by atomic mass is 32.2. The van der Waals surface area contributed by atoms with Crippen LogP contribution in [0.3, 0.4) is 0 Å². The van der Waals surface area contributed by atoms with Gasteiger partial charge in [-0.1, -0.05) is 24.6 Å². The van der Waals surface area contributed by atoms with Crippen molar-refractivity contribution in [1.82, 2.24) is 23.6 Å². The number of para-hydroxylation sites is 1. The monoisotopic (exact) mass is 509 g/mol. The molecule has 0 saturated carbocycles. The minimum absolute atomic E-state index is 0.0558. The molecule has 3 aromatic rings. The number of piperidine rings is 2. The largest absolute Gasteiger partial charge is 0.350 e. The molecule has 2 fully saturated rings. The predicted octanol–water partition coefficient (Wildman–Crippen LogP) is 2.77. The Balaban J connectivity index is 1.27.